The maximum Gasteiger partial charge on any atom is 0.359 e. The van der Waals surface area contributed by atoms with Crippen molar-refractivity contribution in [3.05, 3.63) is 56.0 Å². The molecule has 2 heterocycles. The van der Waals surface area contributed by atoms with Crippen LogP contribution in [0.4, 0.5) is 0 Å². The van der Waals surface area contributed by atoms with E-state index in [4.69, 9.17) is 27.9 Å². The van der Waals surface area contributed by atoms with Crippen LogP contribution in [-0.4, -0.2) is 22.4 Å². The number of carbonyl (C=O) groups excluding carboxylic acids is 1. The van der Waals surface area contributed by atoms with Crippen molar-refractivity contribution < 1.29 is 9.53 Å². The minimum atomic E-state index is -0.407. The SMILES string of the molecule is CCOC(=O)c1nn(-c2ccc(Cl)cc2Cl)c2c1Cc1c(C)csc1-2. The molecule has 0 aliphatic heterocycles. The quantitative estimate of drug-likeness (QED) is 0.444. The van der Waals surface area contributed by atoms with E-state index in [9.17, 15) is 4.79 Å². The third-order valence-corrected chi connectivity index (χ3v) is 5.95. The van der Waals surface area contributed by atoms with Crippen LogP contribution >= 0.6 is 34.5 Å². The lowest BCUT2D eigenvalue weighted by Gasteiger charge is -2.08. The Kier molecular flexibility index (Phi) is 4.10. The number of hydrogen-bond acceptors (Lipinski definition) is 4. The Balaban J connectivity index is 1.96. The van der Waals surface area contributed by atoms with Crippen LogP contribution in [0.3, 0.4) is 0 Å². The number of aromatic nitrogens is 2. The number of fused-ring (bicyclic) bond motifs is 3. The summed E-state index contributed by atoms with van der Waals surface area (Å²) in [7, 11) is 0. The van der Waals surface area contributed by atoms with Gasteiger partial charge >= 0.3 is 5.97 Å². The lowest BCUT2D eigenvalue weighted by Crippen LogP contribution is -2.09. The Morgan fingerprint density at radius 3 is 2.88 bits per heavy atom. The van der Waals surface area contributed by atoms with Crippen molar-refractivity contribution in [1.29, 1.82) is 0 Å². The van der Waals surface area contributed by atoms with Crippen LogP contribution < -0.4 is 0 Å². The first-order valence-electron chi connectivity index (χ1n) is 7.83. The van der Waals surface area contributed by atoms with Gasteiger partial charge in [0.2, 0.25) is 0 Å². The van der Waals surface area contributed by atoms with Crippen molar-refractivity contribution in [1.82, 2.24) is 9.78 Å². The lowest BCUT2D eigenvalue weighted by molar-refractivity contribution is 0.0518. The number of halogens is 2. The van der Waals surface area contributed by atoms with Crippen LogP contribution in [0.5, 0.6) is 0 Å². The van der Waals surface area contributed by atoms with Crippen LogP contribution in [0.1, 0.15) is 34.1 Å². The molecule has 25 heavy (non-hydrogen) atoms. The highest BCUT2D eigenvalue weighted by Crippen LogP contribution is 2.45. The summed E-state index contributed by atoms with van der Waals surface area (Å²) in [4.78, 5) is 13.5. The van der Waals surface area contributed by atoms with Gasteiger partial charge in [0, 0.05) is 17.0 Å². The summed E-state index contributed by atoms with van der Waals surface area (Å²) >= 11 is 14.1. The van der Waals surface area contributed by atoms with Crippen molar-refractivity contribution in [3.63, 3.8) is 0 Å². The first-order valence-corrected chi connectivity index (χ1v) is 9.46. The van der Waals surface area contributed by atoms with Gasteiger partial charge < -0.3 is 4.74 Å². The predicted octanol–water partition coefficient (Wildman–Crippen LogP) is 5.30. The zero-order valence-electron chi connectivity index (χ0n) is 13.6. The van der Waals surface area contributed by atoms with Crippen molar-refractivity contribution >= 4 is 40.5 Å². The van der Waals surface area contributed by atoms with E-state index in [1.165, 1.54) is 11.1 Å². The molecule has 0 saturated carbocycles. The Hall–Kier alpha value is -1.82. The average molecular weight is 393 g/mol. The smallest absolute Gasteiger partial charge is 0.359 e. The number of carbonyl (C=O) groups is 1. The number of hydrogen-bond donors (Lipinski definition) is 0. The molecule has 3 aromatic rings. The zero-order valence-corrected chi connectivity index (χ0v) is 15.9. The normalized spacial score (nSPS) is 12.2. The fourth-order valence-electron chi connectivity index (χ4n) is 3.11. The van der Waals surface area contributed by atoms with Gasteiger partial charge in [0.25, 0.3) is 0 Å². The fraction of sp³-hybridized carbons (Fsp3) is 0.222. The topological polar surface area (TPSA) is 44.1 Å². The molecule has 2 aromatic heterocycles. The summed E-state index contributed by atoms with van der Waals surface area (Å²) in [6, 6.07) is 5.24. The number of nitrogens with zero attached hydrogens (tertiary/aromatic N) is 2. The second kappa shape index (κ2) is 6.16. The van der Waals surface area contributed by atoms with Crippen LogP contribution in [0.15, 0.2) is 23.6 Å². The largest absolute Gasteiger partial charge is 0.461 e. The van der Waals surface area contributed by atoms with Crippen molar-refractivity contribution in [2.45, 2.75) is 20.3 Å². The molecule has 0 unspecified atom stereocenters. The van der Waals surface area contributed by atoms with E-state index >= 15 is 0 Å². The van der Waals surface area contributed by atoms with Gasteiger partial charge in [0.15, 0.2) is 5.69 Å². The van der Waals surface area contributed by atoms with E-state index in [-0.39, 0.29) is 0 Å². The molecule has 0 N–H and O–H groups in total. The van der Waals surface area contributed by atoms with Gasteiger partial charge in [-0.15, -0.1) is 11.3 Å². The molecule has 1 aromatic carbocycles. The maximum absolute atomic E-state index is 12.4. The van der Waals surface area contributed by atoms with Crippen molar-refractivity contribution in [2.24, 2.45) is 0 Å². The highest BCUT2D eigenvalue weighted by molar-refractivity contribution is 7.14. The maximum atomic E-state index is 12.4. The van der Waals surface area contributed by atoms with E-state index in [0.29, 0.717) is 34.5 Å². The highest BCUT2D eigenvalue weighted by atomic mass is 35.5. The molecular formula is C18H14Cl2N2O2S. The molecule has 1 aliphatic carbocycles. The monoisotopic (exact) mass is 392 g/mol. The van der Waals surface area contributed by atoms with E-state index in [2.05, 4.69) is 17.4 Å². The number of rotatable bonds is 3. The Labute approximate surface area is 158 Å². The van der Waals surface area contributed by atoms with Crippen molar-refractivity contribution in [2.75, 3.05) is 6.61 Å². The first-order chi connectivity index (χ1) is 12.0. The van der Waals surface area contributed by atoms with Gasteiger partial charge in [-0.05, 0) is 48.6 Å². The van der Waals surface area contributed by atoms with Crippen LogP contribution in [0.25, 0.3) is 16.3 Å². The number of esters is 1. The van der Waals surface area contributed by atoms with E-state index in [1.54, 1.807) is 35.1 Å². The molecule has 1 aliphatic rings. The van der Waals surface area contributed by atoms with E-state index in [0.717, 1.165) is 16.1 Å². The zero-order chi connectivity index (χ0) is 17.7. The van der Waals surface area contributed by atoms with Gasteiger partial charge in [0.05, 0.1) is 27.9 Å². The van der Waals surface area contributed by atoms with Gasteiger partial charge in [-0.3, -0.25) is 0 Å². The lowest BCUT2D eigenvalue weighted by atomic mass is 10.1. The third kappa shape index (κ3) is 2.58. The minimum Gasteiger partial charge on any atom is -0.461 e. The second-order valence-corrected chi connectivity index (χ2v) is 7.53. The molecule has 4 nitrogen and oxygen atoms in total. The molecule has 4 rings (SSSR count). The molecule has 7 heteroatoms. The van der Waals surface area contributed by atoms with Gasteiger partial charge in [-0.25, -0.2) is 9.48 Å². The molecule has 0 atom stereocenters. The summed E-state index contributed by atoms with van der Waals surface area (Å²) in [6.07, 6.45) is 0.680. The molecule has 0 radical (unpaired) electrons. The Morgan fingerprint density at radius 1 is 1.36 bits per heavy atom. The van der Waals surface area contributed by atoms with Gasteiger partial charge in [0.1, 0.15) is 0 Å². The molecule has 0 amide bonds. The number of thiophene rings is 1. The summed E-state index contributed by atoms with van der Waals surface area (Å²) in [6.45, 7) is 4.17. The first kappa shape index (κ1) is 16.6. The van der Waals surface area contributed by atoms with Gasteiger partial charge in [-0.2, -0.15) is 5.10 Å². The highest BCUT2D eigenvalue weighted by Gasteiger charge is 2.34. The molecule has 0 fully saturated rings. The summed E-state index contributed by atoms with van der Waals surface area (Å²) in [5, 5.41) is 7.70. The van der Waals surface area contributed by atoms with Crippen molar-refractivity contribution in [3.8, 4) is 16.3 Å². The molecule has 0 saturated heterocycles. The number of aryl methyl sites for hydroxylation is 1. The summed E-state index contributed by atoms with van der Waals surface area (Å²) in [5.41, 5.74) is 5.32. The number of benzene rings is 1. The third-order valence-electron chi connectivity index (χ3n) is 4.26. The Bertz CT molecular complexity index is 1010. The van der Waals surface area contributed by atoms with Crippen LogP contribution in [0.2, 0.25) is 10.0 Å². The second-order valence-electron chi connectivity index (χ2n) is 5.81. The number of ether oxygens (including phenoxy) is 1. The average Bonchev–Trinajstić information content (AvgIpc) is 3.20. The van der Waals surface area contributed by atoms with Crippen LogP contribution in [-0.2, 0) is 11.2 Å². The van der Waals surface area contributed by atoms with E-state index in [1.807, 2.05) is 6.07 Å². The molecule has 0 bridgehead atoms. The minimum absolute atomic E-state index is 0.309. The fourth-order valence-corrected chi connectivity index (χ4v) is 4.73. The standard InChI is InChI=1S/C18H14Cl2N2O2S/c1-3-24-18(23)15-12-7-11-9(2)8-25-17(11)16(12)22(21-15)14-5-4-10(19)6-13(14)20/h4-6,8H,3,7H2,1-2H3. The molecule has 0 spiro atoms. The summed E-state index contributed by atoms with van der Waals surface area (Å²) < 4.78 is 6.93. The molecule has 128 valence electrons. The Morgan fingerprint density at radius 2 is 2.16 bits per heavy atom. The van der Waals surface area contributed by atoms with Gasteiger partial charge in [-0.1, -0.05) is 23.2 Å². The van der Waals surface area contributed by atoms with E-state index < -0.39 is 5.97 Å². The molecular weight excluding hydrogens is 379 g/mol. The predicted molar refractivity (Wildman–Crippen MR) is 100 cm³/mol. The van der Waals surface area contributed by atoms with Crippen LogP contribution in [0, 0.1) is 6.92 Å². The summed E-state index contributed by atoms with van der Waals surface area (Å²) in [5.74, 6) is -0.407.